The fourth-order valence-electron chi connectivity index (χ4n) is 1.99. The lowest BCUT2D eigenvalue weighted by Crippen LogP contribution is -3.00. The molecule has 12 heteroatoms. The molecular formula is C12H16Cl2N2O6P2. The molecule has 0 amide bonds. The van der Waals surface area contributed by atoms with Crippen LogP contribution in [0.15, 0.2) is 48.8 Å². The van der Waals surface area contributed by atoms with Crippen LogP contribution in [-0.2, 0) is 14.2 Å². The Morgan fingerprint density at radius 1 is 1.00 bits per heavy atom. The van der Waals surface area contributed by atoms with Gasteiger partial charge in [0.1, 0.15) is 5.69 Å². The van der Waals surface area contributed by atoms with E-state index in [-0.39, 0.29) is 30.5 Å². The molecule has 2 heterocycles. The topological polar surface area (TPSA) is 132 Å². The van der Waals surface area contributed by atoms with Gasteiger partial charge < -0.3 is 32.0 Å². The first-order valence-electron chi connectivity index (χ1n) is 6.13. The van der Waals surface area contributed by atoms with Crippen LogP contribution in [0.3, 0.4) is 0 Å². The highest BCUT2D eigenvalue weighted by atomic mass is 35.5. The summed E-state index contributed by atoms with van der Waals surface area (Å²) in [6.45, 7) is 0.834. The van der Waals surface area contributed by atoms with Crippen molar-refractivity contribution in [2.45, 2.75) is 11.9 Å². The van der Waals surface area contributed by atoms with E-state index in [9.17, 15) is 28.7 Å². The summed E-state index contributed by atoms with van der Waals surface area (Å²) in [6.07, 6.45) is 2.68. The molecule has 0 aliphatic carbocycles. The molecule has 0 aliphatic heterocycles. The van der Waals surface area contributed by atoms with E-state index in [0.717, 1.165) is 11.5 Å². The zero-order valence-corrected chi connectivity index (χ0v) is 15.7. The van der Waals surface area contributed by atoms with Crippen LogP contribution in [0.5, 0.6) is 0 Å². The van der Waals surface area contributed by atoms with Gasteiger partial charge in [-0.2, -0.15) is 4.57 Å². The monoisotopic (exact) mass is 416 g/mol. The molecule has 0 unspecified atom stereocenters. The summed E-state index contributed by atoms with van der Waals surface area (Å²) in [5.74, 6) is 0. The second-order valence-corrected chi connectivity index (χ2v) is 9.00. The summed E-state index contributed by atoms with van der Waals surface area (Å²) >= 11 is 0. The Labute approximate surface area is 150 Å². The summed E-state index contributed by atoms with van der Waals surface area (Å²) in [4.78, 5) is 42.4. The van der Waals surface area contributed by atoms with E-state index < -0.39 is 20.2 Å². The van der Waals surface area contributed by atoms with Crippen molar-refractivity contribution in [3.8, 4) is 11.4 Å². The second kappa shape index (κ2) is 8.04. The molecule has 0 aliphatic rings. The Hall–Kier alpha value is -0.820. The van der Waals surface area contributed by atoms with Crippen LogP contribution in [0.25, 0.3) is 11.4 Å². The molecule has 8 nitrogen and oxygen atoms in total. The summed E-state index contributed by atoms with van der Waals surface area (Å²) in [7, 11) is -10.4. The summed E-state index contributed by atoms with van der Waals surface area (Å²) < 4.78 is 24.6. The first-order chi connectivity index (χ1) is 10.1. The Bertz CT molecular complexity index is 758. The second-order valence-electron chi connectivity index (χ2n) is 4.73. The molecule has 4 N–H and O–H groups in total. The number of halogens is 2. The van der Waals surface area contributed by atoms with Gasteiger partial charge in [-0.3, -0.25) is 9.13 Å². The van der Waals surface area contributed by atoms with Crippen LogP contribution >= 0.6 is 27.6 Å². The van der Waals surface area contributed by atoms with Crippen LogP contribution < -0.4 is 17.0 Å². The van der Waals surface area contributed by atoms with Gasteiger partial charge >= 0.3 is 20.2 Å². The molecule has 0 spiro atoms. The Kier molecular flexibility index (Phi) is 7.76. The lowest BCUT2D eigenvalue weighted by Gasteiger charge is -2.26. The highest BCUT2D eigenvalue weighted by Gasteiger charge is 2.66. The molecule has 0 bridgehead atoms. The highest BCUT2D eigenvalue weighted by molar-refractivity contribution is 7.70. The molecule has 2 aromatic heterocycles. The van der Waals surface area contributed by atoms with Crippen molar-refractivity contribution in [2.24, 2.45) is 0 Å². The average Bonchev–Trinajstić information content (AvgIpc) is 2.45. The molecule has 0 radical (unpaired) electrons. The summed E-state index contributed by atoms with van der Waals surface area (Å²) in [5.41, 5.74) is 0.508. The van der Waals surface area contributed by atoms with Crippen molar-refractivity contribution in [1.29, 1.82) is 0 Å². The number of hydrogen-bond donors (Lipinski definition) is 4. The SMILES string of the molecule is CC([n+]1ccccc1-c1ccccn1)(P(=O)(O)O)P(=O)(O)O.Cl.[Cl-]. The lowest BCUT2D eigenvalue weighted by atomic mass is 10.2. The Balaban J connectivity index is 0.00000264. The van der Waals surface area contributed by atoms with Crippen molar-refractivity contribution in [1.82, 2.24) is 4.98 Å². The van der Waals surface area contributed by atoms with E-state index in [0.29, 0.717) is 5.69 Å². The normalized spacial score (nSPS) is 12.0. The van der Waals surface area contributed by atoms with Crippen molar-refractivity contribution in [3.63, 3.8) is 0 Å². The largest absolute Gasteiger partial charge is 1.00 e. The minimum atomic E-state index is -5.21. The number of nitrogens with zero attached hydrogens (tertiary/aromatic N) is 2. The molecule has 0 fully saturated rings. The molecule has 2 rings (SSSR count). The first kappa shape index (κ1) is 23.2. The van der Waals surface area contributed by atoms with Gasteiger partial charge in [0.05, 0.1) is 0 Å². The van der Waals surface area contributed by atoms with E-state index in [1.165, 1.54) is 24.5 Å². The van der Waals surface area contributed by atoms with Gasteiger partial charge in [-0.1, -0.05) is 6.07 Å². The average molecular weight is 417 g/mol. The minimum Gasteiger partial charge on any atom is -1.00 e. The standard InChI is InChI=1S/C12H14N2O6P2.2ClH/c1-12(21(15,16)17,22(18,19)20)14-9-5-3-7-11(14)10-6-2-4-8-13-10;;/h2-9H,1H3,(H3-,15,16,17,18,19,20);2*1H. The van der Waals surface area contributed by atoms with E-state index in [1.54, 1.807) is 24.3 Å². The molecule has 24 heavy (non-hydrogen) atoms. The Morgan fingerprint density at radius 2 is 1.54 bits per heavy atom. The van der Waals surface area contributed by atoms with Crippen molar-refractivity contribution >= 4 is 27.6 Å². The number of hydrogen-bond acceptors (Lipinski definition) is 3. The molecule has 134 valence electrons. The third kappa shape index (κ3) is 4.04. The van der Waals surface area contributed by atoms with E-state index in [1.807, 2.05) is 0 Å². The molecular weight excluding hydrogens is 401 g/mol. The first-order valence-corrected chi connectivity index (χ1v) is 9.35. The highest BCUT2D eigenvalue weighted by Crippen LogP contribution is 2.69. The fourth-order valence-corrected chi connectivity index (χ4v) is 4.25. The van der Waals surface area contributed by atoms with Gasteiger partial charge in [0.2, 0.25) is 5.69 Å². The maximum absolute atomic E-state index is 11.8. The van der Waals surface area contributed by atoms with Crippen molar-refractivity contribution in [3.05, 3.63) is 48.8 Å². The zero-order chi connectivity index (χ0) is 16.6. The van der Waals surface area contributed by atoms with E-state index in [2.05, 4.69) is 4.98 Å². The third-order valence-corrected chi connectivity index (χ3v) is 7.55. The van der Waals surface area contributed by atoms with Crippen molar-refractivity contribution < 1.29 is 45.7 Å². The predicted octanol–water partition coefficient (Wildman–Crippen LogP) is -1.55. The van der Waals surface area contributed by atoms with Crippen LogP contribution in [-0.4, -0.2) is 24.6 Å². The zero-order valence-electron chi connectivity index (χ0n) is 12.3. The lowest BCUT2D eigenvalue weighted by molar-refractivity contribution is -0.709. The smallest absolute Gasteiger partial charge is 0.409 e. The summed E-state index contributed by atoms with van der Waals surface area (Å²) in [5, 5.41) is -2.73. The molecule has 0 aromatic carbocycles. The molecule has 0 saturated carbocycles. The summed E-state index contributed by atoms with van der Waals surface area (Å²) in [6, 6.07) is 9.38. The van der Waals surface area contributed by atoms with Crippen LogP contribution in [0.4, 0.5) is 0 Å². The van der Waals surface area contributed by atoms with Crippen LogP contribution in [0.1, 0.15) is 6.92 Å². The van der Waals surface area contributed by atoms with Gasteiger partial charge in [-0.05, 0) is 18.2 Å². The molecule has 2 aromatic rings. The number of aromatic nitrogens is 2. The van der Waals surface area contributed by atoms with Gasteiger partial charge in [0.25, 0.3) is 0 Å². The fraction of sp³-hybridized carbons (Fsp3) is 0.167. The number of pyridine rings is 2. The maximum atomic E-state index is 11.8. The van der Waals surface area contributed by atoms with Gasteiger partial charge in [0.15, 0.2) is 6.20 Å². The van der Waals surface area contributed by atoms with Crippen LogP contribution in [0.2, 0.25) is 0 Å². The van der Waals surface area contributed by atoms with Gasteiger partial charge in [0, 0.05) is 25.3 Å². The molecule has 0 atom stereocenters. The van der Waals surface area contributed by atoms with Crippen molar-refractivity contribution in [2.75, 3.05) is 0 Å². The van der Waals surface area contributed by atoms with E-state index in [4.69, 9.17) is 0 Å². The predicted molar refractivity (Wildman–Crippen MR) is 84.9 cm³/mol. The third-order valence-electron chi connectivity index (χ3n) is 3.35. The van der Waals surface area contributed by atoms with Crippen LogP contribution in [0, 0.1) is 0 Å². The molecule has 0 saturated heterocycles. The van der Waals surface area contributed by atoms with Gasteiger partial charge in [-0.15, -0.1) is 12.4 Å². The Morgan fingerprint density at radius 3 is 2.00 bits per heavy atom. The quantitative estimate of drug-likeness (QED) is 0.350. The maximum Gasteiger partial charge on any atom is 0.409 e. The van der Waals surface area contributed by atoms with Gasteiger partial charge in [-0.25, -0.2) is 4.98 Å². The van der Waals surface area contributed by atoms with E-state index >= 15 is 0 Å². The number of rotatable bonds is 4. The minimum absolute atomic E-state index is 0.